The third-order valence-electron chi connectivity index (χ3n) is 2.86. The van der Waals surface area contributed by atoms with Gasteiger partial charge < -0.3 is 9.84 Å². The highest BCUT2D eigenvalue weighted by Crippen LogP contribution is 2.30. The van der Waals surface area contributed by atoms with E-state index in [0.29, 0.717) is 11.3 Å². The molecule has 0 heterocycles. The Balaban J connectivity index is 3.07. The summed E-state index contributed by atoms with van der Waals surface area (Å²) >= 11 is 0. The van der Waals surface area contributed by atoms with Gasteiger partial charge >= 0.3 is 0 Å². The third kappa shape index (κ3) is 3.43. The second-order valence-electron chi connectivity index (χ2n) is 4.21. The number of hydrogen-bond donors (Lipinski definition) is 1. The van der Waals surface area contributed by atoms with Crippen LogP contribution in [-0.2, 0) is 0 Å². The zero-order valence-corrected chi connectivity index (χ0v) is 10.9. The van der Waals surface area contributed by atoms with Crippen LogP contribution in [0.2, 0.25) is 0 Å². The largest absolute Gasteiger partial charge is 0.490 e. The summed E-state index contributed by atoms with van der Waals surface area (Å²) < 4.78 is 5.76. The lowest BCUT2D eigenvalue weighted by Gasteiger charge is -2.19. The van der Waals surface area contributed by atoms with Crippen molar-refractivity contribution in [2.24, 2.45) is 0 Å². The van der Waals surface area contributed by atoms with E-state index in [2.05, 4.69) is 0 Å². The van der Waals surface area contributed by atoms with Crippen LogP contribution in [0, 0.1) is 10.1 Å². The Morgan fingerprint density at radius 3 is 2.44 bits per heavy atom. The molecule has 0 aliphatic rings. The average Bonchev–Trinajstić information content (AvgIpc) is 2.35. The van der Waals surface area contributed by atoms with Crippen LogP contribution in [0.25, 0.3) is 0 Å². The van der Waals surface area contributed by atoms with Gasteiger partial charge in [0.05, 0.1) is 17.1 Å². The molecule has 0 saturated carbocycles. The minimum Gasteiger partial charge on any atom is -0.490 e. The van der Waals surface area contributed by atoms with Crippen LogP contribution in [0.5, 0.6) is 5.75 Å². The molecule has 0 unspecified atom stereocenters. The van der Waals surface area contributed by atoms with Crippen molar-refractivity contribution in [2.75, 3.05) is 0 Å². The lowest BCUT2D eigenvalue weighted by atomic mass is 10.1. The van der Waals surface area contributed by atoms with E-state index in [1.807, 2.05) is 13.8 Å². The third-order valence-corrected chi connectivity index (χ3v) is 2.86. The Bertz CT molecular complexity index is 413. The summed E-state index contributed by atoms with van der Waals surface area (Å²) in [5.74, 6) is 0.518. The van der Waals surface area contributed by atoms with E-state index < -0.39 is 11.0 Å². The summed E-state index contributed by atoms with van der Waals surface area (Å²) in [4.78, 5) is 10.2. The first-order valence-electron chi connectivity index (χ1n) is 6.12. The first-order valence-corrected chi connectivity index (χ1v) is 6.12. The Morgan fingerprint density at radius 2 is 2.00 bits per heavy atom. The lowest BCUT2D eigenvalue weighted by Crippen LogP contribution is -2.15. The zero-order chi connectivity index (χ0) is 13.7. The highest BCUT2D eigenvalue weighted by molar-refractivity contribution is 5.44. The molecule has 5 nitrogen and oxygen atoms in total. The number of nitro benzene ring substituents is 1. The van der Waals surface area contributed by atoms with Gasteiger partial charge in [0.2, 0.25) is 0 Å². The van der Waals surface area contributed by atoms with Crippen LogP contribution in [0.15, 0.2) is 18.2 Å². The first-order chi connectivity index (χ1) is 8.49. The molecule has 0 bridgehead atoms. The van der Waals surface area contributed by atoms with Crippen molar-refractivity contribution in [3.05, 3.63) is 33.9 Å². The van der Waals surface area contributed by atoms with Crippen molar-refractivity contribution in [1.29, 1.82) is 0 Å². The van der Waals surface area contributed by atoms with Gasteiger partial charge in [-0.25, -0.2) is 0 Å². The van der Waals surface area contributed by atoms with Crippen LogP contribution >= 0.6 is 0 Å². The van der Waals surface area contributed by atoms with Gasteiger partial charge in [-0.1, -0.05) is 13.8 Å². The molecule has 0 fully saturated rings. The number of aliphatic hydroxyl groups excluding tert-OH is 1. The molecule has 0 radical (unpaired) electrons. The smallest absolute Gasteiger partial charge is 0.270 e. The Kier molecular flexibility index (Phi) is 5.09. The van der Waals surface area contributed by atoms with Crippen LogP contribution < -0.4 is 4.74 Å². The van der Waals surface area contributed by atoms with Crippen molar-refractivity contribution in [3.8, 4) is 5.75 Å². The van der Waals surface area contributed by atoms with Crippen molar-refractivity contribution >= 4 is 5.69 Å². The van der Waals surface area contributed by atoms with E-state index in [9.17, 15) is 15.2 Å². The first kappa shape index (κ1) is 14.4. The number of benzene rings is 1. The van der Waals surface area contributed by atoms with Gasteiger partial charge in [-0.05, 0) is 25.8 Å². The van der Waals surface area contributed by atoms with Crippen molar-refractivity contribution < 1.29 is 14.8 Å². The molecule has 0 aliphatic heterocycles. The summed E-state index contributed by atoms with van der Waals surface area (Å²) in [6.07, 6.45) is 0.970. The lowest BCUT2D eigenvalue weighted by molar-refractivity contribution is -0.385. The van der Waals surface area contributed by atoms with E-state index in [-0.39, 0.29) is 11.8 Å². The number of hydrogen-bond acceptors (Lipinski definition) is 4. The summed E-state index contributed by atoms with van der Waals surface area (Å²) in [6, 6.07) is 4.31. The molecule has 0 spiro atoms. The number of nitro groups is 1. The molecule has 0 aliphatic carbocycles. The second-order valence-corrected chi connectivity index (χ2v) is 4.21. The topological polar surface area (TPSA) is 72.6 Å². The predicted octanol–water partition coefficient (Wildman–Crippen LogP) is 3.22. The standard InChI is InChI=1S/C13H19NO4/c1-4-11(5-2)18-13-7-6-10(14(16)17)8-12(13)9(3)15/h6-9,11,15H,4-5H2,1-3H3/t9-/m1/s1. The molecular weight excluding hydrogens is 234 g/mol. The van der Waals surface area contributed by atoms with Gasteiger partial charge in [0.25, 0.3) is 5.69 Å². The minimum atomic E-state index is -0.797. The maximum atomic E-state index is 10.7. The van der Waals surface area contributed by atoms with Crippen molar-refractivity contribution in [1.82, 2.24) is 0 Å². The fourth-order valence-electron chi connectivity index (χ4n) is 1.72. The molecule has 18 heavy (non-hydrogen) atoms. The molecule has 0 aromatic heterocycles. The Morgan fingerprint density at radius 1 is 1.39 bits per heavy atom. The van der Waals surface area contributed by atoms with Crippen LogP contribution in [0.4, 0.5) is 5.69 Å². The van der Waals surface area contributed by atoms with Gasteiger partial charge in [0.1, 0.15) is 5.75 Å². The SMILES string of the molecule is CCC(CC)Oc1ccc([N+](=O)[O-])cc1[C@@H](C)O. The van der Waals surface area contributed by atoms with E-state index >= 15 is 0 Å². The highest BCUT2D eigenvalue weighted by atomic mass is 16.6. The predicted molar refractivity (Wildman–Crippen MR) is 68.7 cm³/mol. The fourth-order valence-corrected chi connectivity index (χ4v) is 1.72. The van der Waals surface area contributed by atoms with Gasteiger partial charge in [-0.15, -0.1) is 0 Å². The number of ether oxygens (including phenoxy) is 1. The molecule has 1 N–H and O–H groups in total. The normalized spacial score (nSPS) is 12.5. The molecule has 5 heteroatoms. The van der Waals surface area contributed by atoms with E-state index in [0.717, 1.165) is 12.8 Å². The van der Waals surface area contributed by atoms with Gasteiger partial charge in [-0.2, -0.15) is 0 Å². The zero-order valence-electron chi connectivity index (χ0n) is 10.9. The van der Waals surface area contributed by atoms with E-state index in [1.54, 1.807) is 13.0 Å². The van der Waals surface area contributed by atoms with E-state index in [1.165, 1.54) is 12.1 Å². The minimum absolute atomic E-state index is 0.0391. The number of nitrogens with zero attached hydrogens (tertiary/aromatic N) is 1. The average molecular weight is 253 g/mol. The number of rotatable bonds is 6. The Labute approximate surface area is 107 Å². The summed E-state index contributed by atoms with van der Waals surface area (Å²) in [5.41, 5.74) is 0.416. The number of non-ortho nitro benzene ring substituents is 1. The fraction of sp³-hybridized carbons (Fsp3) is 0.538. The van der Waals surface area contributed by atoms with Crippen molar-refractivity contribution in [2.45, 2.75) is 45.8 Å². The van der Waals surface area contributed by atoms with Gasteiger partial charge in [0.15, 0.2) is 0 Å². The van der Waals surface area contributed by atoms with Gasteiger partial charge in [-0.3, -0.25) is 10.1 Å². The monoisotopic (exact) mass is 253 g/mol. The van der Waals surface area contributed by atoms with Crippen LogP contribution in [0.3, 0.4) is 0 Å². The second kappa shape index (κ2) is 6.35. The summed E-state index contributed by atoms with van der Waals surface area (Å²) in [6.45, 7) is 5.60. The molecule has 1 aromatic carbocycles. The maximum absolute atomic E-state index is 10.7. The molecule has 1 aromatic rings. The molecule has 0 saturated heterocycles. The summed E-state index contributed by atoms with van der Waals surface area (Å²) in [7, 11) is 0. The molecule has 0 amide bonds. The molecule has 1 rings (SSSR count). The Hall–Kier alpha value is -1.62. The molecule has 100 valence electrons. The quantitative estimate of drug-likeness (QED) is 0.624. The highest BCUT2D eigenvalue weighted by Gasteiger charge is 2.17. The van der Waals surface area contributed by atoms with Crippen LogP contribution in [-0.4, -0.2) is 16.1 Å². The summed E-state index contributed by atoms with van der Waals surface area (Å²) in [5, 5.41) is 20.4. The number of aliphatic hydroxyl groups is 1. The molecular formula is C13H19NO4. The van der Waals surface area contributed by atoms with Crippen LogP contribution in [0.1, 0.15) is 45.3 Å². The maximum Gasteiger partial charge on any atom is 0.270 e. The van der Waals surface area contributed by atoms with Gasteiger partial charge in [0, 0.05) is 17.7 Å². The molecule has 1 atom stereocenters. The van der Waals surface area contributed by atoms with E-state index in [4.69, 9.17) is 4.74 Å². The van der Waals surface area contributed by atoms with Crippen molar-refractivity contribution in [3.63, 3.8) is 0 Å².